The van der Waals surface area contributed by atoms with Gasteiger partial charge in [-0.15, -0.1) is 0 Å². The van der Waals surface area contributed by atoms with Crippen molar-refractivity contribution in [2.24, 2.45) is 0 Å². The molecule has 10 heteroatoms. The number of aliphatic hydroxyl groups is 1. The second kappa shape index (κ2) is 11.8. The average molecular weight is 461 g/mol. The topological polar surface area (TPSA) is 117 Å². The number of thioether (sulfide) groups is 1. The van der Waals surface area contributed by atoms with Gasteiger partial charge >= 0.3 is 5.97 Å². The summed E-state index contributed by atoms with van der Waals surface area (Å²) < 4.78 is 5.06. The minimum Gasteiger partial charge on any atom is -0.508 e. The van der Waals surface area contributed by atoms with E-state index in [-0.39, 0.29) is 28.3 Å². The van der Waals surface area contributed by atoms with Crippen molar-refractivity contribution in [3.63, 3.8) is 0 Å². The van der Waals surface area contributed by atoms with Gasteiger partial charge in [0.2, 0.25) is 0 Å². The average Bonchev–Trinajstić information content (AvgIpc) is 2.62. The summed E-state index contributed by atoms with van der Waals surface area (Å²) >= 11 is 13.3. The molecule has 0 heterocycles. The second-order valence-corrected chi connectivity index (χ2v) is 7.87. The highest BCUT2D eigenvalue weighted by Gasteiger charge is 2.25. The van der Waals surface area contributed by atoms with Crippen LogP contribution in [0.4, 0.5) is 0 Å². The van der Waals surface area contributed by atoms with Gasteiger partial charge in [0, 0.05) is 10.7 Å². The molecule has 1 unspecified atom stereocenters. The fraction of sp³-hybridized carbons (Fsp3) is 0.368. The Balaban J connectivity index is 2.92. The molecule has 1 atom stereocenters. The van der Waals surface area contributed by atoms with Crippen LogP contribution < -0.4 is 5.32 Å². The van der Waals surface area contributed by atoms with Crippen molar-refractivity contribution in [3.05, 3.63) is 45.1 Å². The monoisotopic (exact) mass is 460 g/mol. The predicted molar refractivity (Wildman–Crippen MR) is 115 cm³/mol. The van der Waals surface area contributed by atoms with Crippen molar-refractivity contribution < 1.29 is 24.2 Å². The number of ether oxygens (including phenoxy) is 1. The number of amides is 1. The van der Waals surface area contributed by atoms with E-state index in [4.69, 9.17) is 33.3 Å². The summed E-state index contributed by atoms with van der Waals surface area (Å²) in [6, 6.07) is 3.37. The number of carbonyl (C=O) groups excluding carboxylic acids is 3. The van der Waals surface area contributed by atoms with Gasteiger partial charge in [0.05, 0.1) is 16.2 Å². The fourth-order valence-electron chi connectivity index (χ4n) is 2.39. The lowest BCUT2D eigenvalue weighted by Gasteiger charge is -2.18. The normalized spacial score (nSPS) is 12.6. The van der Waals surface area contributed by atoms with Gasteiger partial charge in [0.15, 0.2) is 5.78 Å². The Morgan fingerprint density at radius 1 is 1.28 bits per heavy atom. The van der Waals surface area contributed by atoms with Gasteiger partial charge in [-0.3, -0.25) is 9.59 Å². The van der Waals surface area contributed by atoms with Gasteiger partial charge < -0.3 is 20.6 Å². The van der Waals surface area contributed by atoms with Gasteiger partial charge in [-0.05, 0) is 50.5 Å². The Hall–Kier alpha value is -2.03. The maximum absolute atomic E-state index is 12.5. The molecule has 3 N–H and O–H groups in total. The van der Waals surface area contributed by atoms with E-state index in [1.54, 1.807) is 0 Å². The molecule has 0 bridgehead atoms. The highest BCUT2D eigenvalue weighted by atomic mass is 35.5. The molecule has 0 aliphatic carbocycles. The van der Waals surface area contributed by atoms with Crippen LogP contribution >= 0.6 is 35.0 Å². The second-order valence-electron chi connectivity index (χ2n) is 6.04. The summed E-state index contributed by atoms with van der Waals surface area (Å²) in [5.41, 5.74) is -0.204. The number of carbonyl (C=O) groups is 3. The van der Waals surface area contributed by atoms with Crippen molar-refractivity contribution >= 4 is 58.3 Å². The Morgan fingerprint density at radius 2 is 1.93 bits per heavy atom. The fourth-order valence-corrected chi connectivity index (χ4v) is 3.36. The Kier molecular flexibility index (Phi) is 10.2. The molecule has 0 aliphatic heterocycles. The molecule has 1 amide bonds. The maximum atomic E-state index is 12.5. The number of rotatable bonds is 10. The molecule has 7 nitrogen and oxygen atoms in total. The first-order valence-corrected chi connectivity index (χ1v) is 10.6. The van der Waals surface area contributed by atoms with E-state index in [0.717, 1.165) is 0 Å². The molecule has 0 radical (unpaired) electrons. The van der Waals surface area contributed by atoms with Gasteiger partial charge in [0.25, 0.3) is 5.91 Å². The minimum absolute atomic E-state index is 0.139. The SMILES string of the molecule is CSCCC(NC(=O)c1ccc(Cl)cc1Cl)C(=O)OC/C(O)=C(\C(C)=N)C(C)=O. The van der Waals surface area contributed by atoms with E-state index < -0.39 is 36.1 Å². The van der Waals surface area contributed by atoms with Crippen molar-refractivity contribution in [2.75, 3.05) is 18.6 Å². The first kappa shape index (κ1) is 25.0. The maximum Gasteiger partial charge on any atom is 0.329 e. The molecule has 0 saturated carbocycles. The van der Waals surface area contributed by atoms with Crippen molar-refractivity contribution in [1.29, 1.82) is 5.41 Å². The third kappa shape index (κ3) is 7.72. The number of halogens is 2. The molecule has 29 heavy (non-hydrogen) atoms. The summed E-state index contributed by atoms with van der Waals surface area (Å²) in [5.74, 6) is -1.83. The summed E-state index contributed by atoms with van der Waals surface area (Å²) in [6.45, 7) is 1.95. The zero-order valence-electron chi connectivity index (χ0n) is 16.2. The van der Waals surface area contributed by atoms with Gasteiger partial charge in [-0.25, -0.2) is 4.79 Å². The molecule has 1 aromatic rings. The molecule has 1 aromatic carbocycles. The van der Waals surface area contributed by atoms with Gasteiger partial charge in [-0.1, -0.05) is 23.2 Å². The van der Waals surface area contributed by atoms with Gasteiger partial charge in [0.1, 0.15) is 18.4 Å². The van der Waals surface area contributed by atoms with E-state index in [9.17, 15) is 19.5 Å². The number of esters is 1. The van der Waals surface area contributed by atoms with E-state index in [1.165, 1.54) is 43.8 Å². The van der Waals surface area contributed by atoms with E-state index in [1.807, 2.05) is 6.26 Å². The molecule has 0 saturated heterocycles. The minimum atomic E-state index is -0.989. The number of nitrogens with one attached hydrogen (secondary N) is 2. The Bertz CT molecular complexity index is 826. The predicted octanol–water partition coefficient (Wildman–Crippen LogP) is 3.83. The molecule has 0 fully saturated rings. The number of ketones is 1. The van der Waals surface area contributed by atoms with Crippen LogP contribution in [0.5, 0.6) is 0 Å². The highest BCUT2D eigenvalue weighted by Crippen LogP contribution is 2.21. The zero-order valence-corrected chi connectivity index (χ0v) is 18.5. The molecular weight excluding hydrogens is 439 g/mol. The summed E-state index contributed by atoms with van der Waals surface area (Å²) in [7, 11) is 0. The third-order valence-corrected chi connectivity index (χ3v) is 4.93. The summed E-state index contributed by atoms with van der Waals surface area (Å²) in [6.07, 6.45) is 2.13. The number of hydrogen-bond acceptors (Lipinski definition) is 7. The molecular formula is C19H22Cl2N2O5S. The van der Waals surface area contributed by atoms with Crippen LogP contribution in [0.1, 0.15) is 30.6 Å². The Morgan fingerprint density at radius 3 is 2.45 bits per heavy atom. The van der Waals surface area contributed by atoms with Crippen LogP contribution in [0, 0.1) is 5.41 Å². The lowest BCUT2D eigenvalue weighted by Crippen LogP contribution is -2.42. The Labute approximate surface area is 183 Å². The zero-order chi connectivity index (χ0) is 22.1. The van der Waals surface area contributed by atoms with Crippen molar-refractivity contribution in [3.8, 4) is 0 Å². The molecule has 0 aromatic heterocycles. The molecule has 158 valence electrons. The standard InChI is InChI=1S/C19H22Cl2N2O5S/c1-10(22)17(11(2)24)16(25)9-28-19(27)15(6-7-29-3)23-18(26)13-5-4-12(20)8-14(13)21/h4-5,8,15,22,25H,6-7,9H2,1-3H3,(H,23,26)/b17-16-,22-10?. The quantitative estimate of drug-likeness (QED) is 0.211. The molecule has 0 aliphatic rings. The highest BCUT2D eigenvalue weighted by molar-refractivity contribution is 7.98. The van der Waals surface area contributed by atoms with Gasteiger partial charge in [-0.2, -0.15) is 11.8 Å². The van der Waals surface area contributed by atoms with E-state index in [2.05, 4.69) is 5.32 Å². The lowest BCUT2D eigenvalue weighted by molar-refractivity contribution is -0.145. The summed E-state index contributed by atoms with van der Waals surface area (Å²) in [4.78, 5) is 36.5. The smallest absolute Gasteiger partial charge is 0.329 e. The van der Waals surface area contributed by atoms with Crippen molar-refractivity contribution in [1.82, 2.24) is 5.32 Å². The van der Waals surface area contributed by atoms with Crippen LogP contribution in [-0.4, -0.2) is 53.1 Å². The van der Waals surface area contributed by atoms with Crippen LogP contribution in [-0.2, 0) is 14.3 Å². The number of aliphatic hydroxyl groups excluding tert-OH is 1. The van der Waals surface area contributed by atoms with E-state index in [0.29, 0.717) is 10.8 Å². The first-order chi connectivity index (χ1) is 13.6. The van der Waals surface area contributed by atoms with Crippen LogP contribution in [0.25, 0.3) is 0 Å². The number of allylic oxidation sites excluding steroid dienone is 1. The van der Waals surface area contributed by atoms with Crippen molar-refractivity contribution in [2.45, 2.75) is 26.3 Å². The number of benzene rings is 1. The number of Topliss-reactive ketones (excluding diaryl/α,β-unsaturated/α-hetero) is 1. The largest absolute Gasteiger partial charge is 0.508 e. The first-order valence-electron chi connectivity index (χ1n) is 8.48. The van der Waals surface area contributed by atoms with Crippen LogP contribution in [0.2, 0.25) is 10.0 Å². The third-order valence-electron chi connectivity index (χ3n) is 3.74. The lowest BCUT2D eigenvalue weighted by atomic mass is 10.1. The molecule has 0 spiro atoms. The van der Waals surface area contributed by atoms with Crippen LogP contribution in [0.15, 0.2) is 29.5 Å². The molecule has 1 rings (SSSR count). The van der Waals surface area contributed by atoms with Crippen LogP contribution in [0.3, 0.4) is 0 Å². The van der Waals surface area contributed by atoms with E-state index >= 15 is 0 Å². The summed E-state index contributed by atoms with van der Waals surface area (Å²) in [5, 5.41) is 20.6. The number of hydrogen-bond donors (Lipinski definition) is 3.